The molecule has 1 saturated carbocycles. The Kier molecular flexibility index (Phi) is 2.44. The van der Waals surface area contributed by atoms with Gasteiger partial charge in [-0.3, -0.25) is 9.50 Å². The Balaban J connectivity index is 1.58. The van der Waals surface area contributed by atoms with Crippen molar-refractivity contribution in [2.75, 3.05) is 0 Å². The summed E-state index contributed by atoms with van der Waals surface area (Å²) >= 11 is 0. The van der Waals surface area contributed by atoms with Crippen LogP contribution in [0.15, 0.2) is 28.9 Å². The number of nitrogens with zero attached hydrogens (tertiary/aromatic N) is 6. The van der Waals surface area contributed by atoms with E-state index >= 15 is 0 Å². The number of H-pyrrole nitrogens is 1. The third-order valence-corrected chi connectivity index (χ3v) is 4.00. The van der Waals surface area contributed by atoms with Crippen molar-refractivity contribution in [3.8, 4) is 23.2 Å². The first kappa shape index (κ1) is 12.5. The zero-order chi connectivity index (χ0) is 15.4. The summed E-state index contributed by atoms with van der Waals surface area (Å²) in [5.41, 5.74) is 2.46. The molecule has 0 bridgehead atoms. The van der Waals surface area contributed by atoms with E-state index < -0.39 is 0 Å². The Labute approximate surface area is 130 Å². The molecule has 8 heteroatoms. The van der Waals surface area contributed by atoms with E-state index in [0.29, 0.717) is 23.5 Å². The van der Waals surface area contributed by atoms with Gasteiger partial charge in [0.1, 0.15) is 17.2 Å². The molecule has 8 nitrogen and oxygen atoms in total. The molecule has 0 aliphatic heterocycles. The molecule has 23 heavy (non-hydrogen) atoms. The normalized spacial score (nSPS) is 14.7. The number of hydrogen-bond donors (Lipinski definition) is 1. The Bertz CT molecular complexity index is 1010. The number of rotatable bonds is 3. The van der Waals surface area contributed by atoms with E-state index in [4.69, 9.17) is 4.52 Å². The first-order chi connectivity index (χ1) is 11.3. The molecule has 0 spiro atoms. The molecule has 0 saturated heterocycles. The van der Waals surface area contributed by atoms with Gasteiger partial charge in [0.2, 0.25) is 11.6 Å². The van der Waals surface area contributed by atoms with Crippen molar-refractivity contribution in [2.24, 2.45) is 0 Å². The number of fused-ring (bicyclic) bond motifs is 1. The van der Waals surface area contributed by atoms with E-state index in [2.05, 4.69) is 30.3 Å². The predicted octanol–water partition coefficient (Wildman–Crippen LogP) is 2.36. The third kappa shape index (κ3) is 1.95. The van der Waals surface area contributed by atoms with Crippen LogP contribution in [0.1, 0.15) is 30.3 Å². The molecule has 4 heterocycles. The van der Waals surface area contributed by atoms with E-state index in [9.17, 15) is 0 Å². The second kappa shape index (κ2) is 4.48. The van der Waals surface area contributed by atoms with Gasteiger partial charge in [0.25, 0.3) is 5.89 Å². The van der Waals surface area contributed by atoms with Gasteiger partial charge in [-0.2, -0.15) is 4.98 Å². The zero-order valence-electron chi connectivity index (χ0n) is 12.4. The average Bonchev–Trinajstić information content (AvgIpc) is 2.99. The number of aryl methyl sites for hydroxylation is 1. The van der Waals surface area contributed by atoms with E-state index in [1.807, 2.05) is 35.7 Å². The summed E-state index contributed by atoms with van der Waals surface area (Å²) in [5, 5.41) is 11.1. The number of pyridine rings is 1. The minimum atomic E-state index is 0.383. The zero-order valence-corrected chi connectivity index (χ0v) is 12.4. The van der Waals surface area contributed by atoms with Gasteiger partial charge < -0.3 is 4.52 Å². The van der Waals surface area contributed by atoms with Gasteiger partial charge in [-0.05, 0) is 31.9 Å². The van der Waals surface area contributed by atoms with Gasteiger partial charge in [0.15, 0.2) is 0 Å². The highest BCUT2D eigenvalue weighted by atomic mass is 16.5. The highest BCUT2D eigenvalue weighted by Crippen LogP contribution is 2.38. The van der Waals surface area contributed by atoms with Gasteiger partial charge in [-0.15, -0.1) is 5.10 Å². The topological polar surface area (TPSA) is 97.8 Å². The number of aromatic amines is 1. The Hall–Kier alpha value is -3.03. The Morgan fingerprint density at radius 3 is 2.96 bits per heavy atom. The van der Waals surface area contributed by atoms with Gasteiger partial charge in [-0.1, -0.05) is 11.2 Å². The molecule has 0 amide bonds. The van der Waals surface area contributed by atoms with Crippen LogP contribution in [0.4, 0.5) is 0 Å². The van der Waals surface area contributed by atoms with Crippen molar-refractivity contribution in [1.29, 1.82) is 0 Å². The minimum Gasteiger partial charge on any atom is -0.332 e. The summed E-state index contributed by atoms with van der Waals surface area (Å²) in [6.45, 7) is 1.92. The number of nitrogens with one attached hydrogen (secondary N) is 1. The van der Waals surface area contributed by atoms with Crippen LogP contribution in [0.2, 0.25) is 0 Å². The minimum absolute atomic E-state index is 0.383. The lowest BCUT2D eigenvalue weighted by Gasteiger charge is -1.95. The fourth-order valence-electron chi connectivity index (χ4n) is 2.70. The molecule has 4 aromatic rings. The second-order valence-corrected chi connectivity index (χ2v) is 5.72. The number of imidazole rings is 1. The van der Waals surface area contributed by atoms with Gasteiger partial charge in [-0.25, -0.2) is 9.97 Å². The first-order valence-corrected chi connectivity index (χ1v) is 7.50. The number of hydrogen-bond acceptors (Lipinski definition) is 6. The largest absolute Gasteiger partial charge is 0.332 e. The van der Waals surface area contributed by atoms with Gasteiger partial charge in [0, 0.05) is 12.1 Å². The van der Waals surface area contributed by atoms with Crippen LogP contribution in [0.25, 0.3) is 28.9 Å². The van der Waals surface area contributed by atoms with E-state index in [1.165, 1.54) is 0 Å². The summed E-state index contributed by atoms with van der Waals surface area (Å²) in [5.74, 6) is 2.66. The molecule has 114 valence electrons. The molecule has 0 atom stereocenters. The lowest BCUT2D eigenvalue weighted by molar-refractivity contribution is 0.430. The summed E-state index contributed by atoms with van der Waals surface area (Å²) in [4.78, 5) is 13.4. The monoisotopic (exact) mass is 307 g/mol. The molecule has 4 aromatic heterocycles. The maximum Gasteiger partial charge on any atom is 0.277 e. The molecule has 1 aliphatic carbocycles. The third-order valence-electron chi connectivity index (χ3n) is 4.00. The molecular weight excluding hydrogens is 294 g/mol. The van der Waals surface area contributed by atoms with Gasteiger partial charge in [0.05, 0.1) is 5.69 Å². The van der Waals surface area contributed by atoms with Crippen LogP contribution in [0.5, 0.6) is 0 Å². The molecule has 1 N–H and O–H groups in total. The molecule has 0 aromatic carbocycles. The SMILES string of the molecule is Cc1nc2ccccn2c1-c1nc(-c2n[nH]c(C3CC3)n2)no1. The van der Waals surface area contributed by atoms with Gasteiger partial charge >= 0.3 is 0 Å². The molecular formula is C15H13N7O. The average molecular weight is 307 g/mol. The highest BCUT2D eigenvalue weighted by molar-refractivity contribution is 5.61. The first-order valence-electron chi connectivity index (χ1n) is 7.50. The Morgan fingerprint density at radius 2 is 2.09 bits per heavy atom. The molecule has 1 aliphatic rings. The van der Waals surface area contributed by atoms with Crippen molar-refractivity contribution in [1.82, 2.24) is 34.7 Å². The van der Waals surface area contributed by atoms with E-state index in [-0.39, 0.29) is 0 Å². The molecule has 1 fully saturated rings. The van der Waals surface area contributed by atoms with Crippen molar-refractivity contribution in [2.45, 2.75) is 25.7 Å². The predicted molar refractivity (Wildman–Crippen MR) is 80.6 cm³/mol. The maximum absolute atomic E-state index is 5.42. The lowest BCUT2D eigenvalue weighted by Crippen LogP contribution is -1.89. The highest BCUT2D eigenvalue weighted by Gasteiger charge is 2.28. The van der Waals surface area contributed by atoms with Crippen LogP contribution >= 0.6 is 0 Å². The molecule has 0 radical (unpaired) electrons. The van der Waals surface area contributed by atoms with E-state index in [0.717, 1.165) is 35.7 Å². The fourth-order valence-corrected chi connectivity index (χ4v) is 2.70. The molecule has 0 unspecified atom stereocenters. The number of aromatic nitrogens is 7. The second-order valence-electron chi connectivity index (χ2n) is 5.72. The van der Waals surface area contributed by atoms with E-state index in [1.54, 1.807) is 0 Å². The van der Waals surface area contributed by atoms with Crippen molar-refractivity contribution in [3.05, 3.63) is 35.9 Å². The van der Waals surface area contributed by atoms with Crippen LogP contribution in [0, 0.1) is 6.92 Å². The standard InChI is InChI=1S/C15H13N7O/c1-8-11(22-7-3-2-4-10(22)16-8)15-18-14(21-23-15)13-17-12(19-20-13)9-5-6-9/h2-4,7,9H,5-6H2,1H3,(H,17,19,20). The summed E-state index contributed by atoms with van der Waals surface area (Å²) in [7, 11) is 0. The van der Waals surface area contributed by atoms with Crippen LogP contribution < -0.4 is 0 Å². The summed E-state index contributed by atoms with van der Waals surface area (Å²) in [6.07, 6.45) is 4.24. The molecule has 5 rings (SSSR count). The van der Waals surface area contributed by atoms with Crippen LogP contribution in [-0.4, -0.2) is 34.7 Å². The van der Waals surface area contributed by atoms with Crippen LogP contribution in [-0.2, 0) is 0 Å². The maximum atomic E-state index is 5.42. The van der Waals surface area contributed by atoms with Crippen molar-refractivity contribution in [3.63, 3.8) is 0 Å². The van der Waals surface area contributed by atoms with Crippen molar-refractivity contribution < 1.29 is 4.52 Å². The quantitative estimate of drug-likeness (QED) is 0.624. The van der Waals surface area contributed by atoms with Crippen molar-refractivity contribution >= 4 is 5.65 Å². The summed E-state index contributed by atoms with van der Waals surface area (Å²) < 4.78 is 7.35. The van der Waals surface area contributed by atoms with Crippen LogP contribution in [0.3, 0.4) is 0 Å². The fraction of sp³-hybridized carbons (Fsp3) is 0.267. The summed E-state index contributed by atoms with van der Waals surface area (Å²) in [6, 6.07) is 5.81. The lowest BCUT2D eigenvalue weighted by atomic mass is 10.3. The Morgan fingerprint density at radius 1 is 1.17 bits per heavy atom. The smallest absolute Gasteiger partial charge is 0.277 e.